The lowest BCUT2D eigenvalue weighted by molar-refractivity contribution is 0.271. The fourth-order valence-corrected chi connectivity index (χ4v) is 5.34. The second kappa shape index (κ2) is 7.14. The fourth-order valence-electron chi connectivity index (χ4n) is 4.01. The molecule has 0 saturated heterocycles. The third-order valence-electron chi connectivity index (χ3n) is 5.59. The minimum absolute atomic E-state index is 0.220. The summed E-state index contributed by atoms with van der Waals surface area (Å²) in [5.74, 6) is 1.70. The Morgan fingerprint density at radius 1 is 0.929 bits per heavy atom. The molecule has 5 rings (SSSR count). The SMILES string of the molecule is CC(C)c1ccc([C@H]2Sc3ccccc3N=C3c4ccccc4OC[C@H]32)cc1. The molecule has 0 aliphatic carbocycles. The first kappa shape index (κ1) is 17.6. The maximum atomic E-state index is 6.17. The second-order valence-corrected chi connectivity index (χ2v) is 8.92. The molecule has 2 aliphatic rings. The third-order valence-corrected chi connectivity index (χ3v) is 7.04. The van der Waals surface area contributed by atoms with Crippen LogP contribution in [0.2, 0.25) is 0 Å². The summed E-state index contributed by atoms with van der Waals surface area (Å²) in [6, 6.07) is 25.9. The summed E-state index contributed by atoms with van der Waals surface area (Å²) in [7, 11) is 0. The number of ether oxygens (including phenoxy) is 1. The molecule has 2 atom stereocenters. The van der Waals surface area contributed by atoms with Crippen LogP contribution in [-0.2, 0) is 0 Å². The van der Waals surface area contributed by atoms with Crippen LogP contribution < -0.4 is 4.74 Å². The van der Waals surface area contributed by atoms with Crippen molar-refractivity contribution in [1.29, 1.82) is 0 Å². The van der Waals surface area contributed by atoms with E-state index in [0.717, 1.165) is 22.7 Å². The van der Waals surface area contributed by atoms with Crippen LogP contribution in [0, 0.1) is 5.92 Å². The number of fused-ring (bicyclic) bond motifs is 4. The first-order chi connectivity index (χ1) is 13.7. The summed E-state index contributed by atoms with van der Waals surface area (Å²) >= 11 is 1.91. The molecule has 28 heavy (non-hydrogen) atoms. The lowest BCUT2D eigenvalue weighted by Gasteiger charge is -2.31. The van der Waals surface area contributed by atoms with Crippen LogP contribution in [0.1, 0.15) is 41.7 Å². The molecule has 3 heteroatoms. The van der Waals surface area contributed by atoms with Crippen molar-refractivity contribution < 1.29 is 4.74 Å². The van der Waals surface area contributed by atoms with Gasteiger partial charge in [-0.3, -0.25) is 4.99 Å². The summed E-state index contributed by atoms with van der Waals surface area (Å²) in [4.78, 5) is 6.38. The molecule has 0 bridgehead atoms. The zero-order chi connectivity index (χ0) is 19.1. The summed E-state index contributed by atoms with van der Waals surface area (Å²) < 4.78 is 6.17. The molecule has 3 aromatic rings. The Morgan fingerprint density at radius 2 is 1.68 bits per heavy atom. The number of hydrogen-bond acceptors (Lipinski definition) is 3. The van der Waals surface area contributed by atoms with Crippen LogP contribution in [0.15, 0.2) is 82.7 Å². The number of nitrogens with zero attached hydrogens (tertiary/aromatic N) is 1. The zero-order valence-electron chi connectivity index (χ0n) is 16.1. The highest BCUT2D eigenvalue weighted by Crippen LogP contribution is 2.50. The van der Waals surface area contributed by atoms with E-state index in [9.17, 15) is 0 Å². The average molecular weight is 386 g/mol. The summed E-state index contributed by atoms with van der Waals surface area (Å²) in [6.45, 7) is 5.14. The van der Waals surface area contributed by atoms with Gasteiger partial charge in [-0.2, -0.15) is 0 Å². The molecule has 0 unspecified atom stereocenters. The number of rotatable bonds is 2. The molecule has 0 aromatic heterocycles. The van der Waals surface area contributed by atoms with Gasteiger partial charge in [-0.25, -0.2) is 0 Å². The van der Waals surface area contributed by atoms with Gasteiger partial charge in [0.15, 0.2) is 0 Å². The molecule has 0 N–H and O–H groups in total. The van der Waals surface area contributed by atoms with Crippen molar-refractivity contribution in [2.45, 2.75) is 29.9 Å². The van der Waals surface area contributed by atoms with Crippen LogP contribution in [0.5, 0.6) is 5.75 Å². The first-order valence-corrected chi connectivity index (χ1v) is 10.7. The van der Waals surface area contributed by atoms with Crippen molar-refractivity contribution >= 4 is 23.2 Å². The van der Waals surface area contributed by atoms with Gasteiger partial charge in [-0.1, -0.05) is 62.4 Å². The van der Waals surface area contributed by atoms with E-state index in [2.05, 4.69) is 74.5 Å². The van der Waals surface area contributed by atoms with Crippen molar-refractivity contribution in [3.05, 3.63) is 89.5 Å². The Labute approximate surface area is 170 Å². The van der Waals surface area contributed by atoms with E-state index in [1.807, 2.05) is 23.9 Å². The average Bonchev–Trinajstić information content (AvgIpc) is 2.91. The molecule has 3 aromatic carbocycles. The molecule has 0 radical (unpaired) electrons. The molecule has 2 heterocycles. The maximum absolute atomic E-state index is 6.17. The lowest BCUT2D eigenvalue weighted by Crippen LogP contribution is -2.31. The Hall–Kier alpha value is -2.52. The molecule has 2 aliphatic heterocycles. The van der Waals surface area contributed by atoms with Gasteiger partial charge in [0.05, 0.1) is 23.9 Å². The van der Waals surface area contributed by atoms with Crippen molar-refractivity contribution in [3.63, 3.8) is 0 Å². The Kier molecular flexibility index (Phi) is 4.48. The largest absolute Gasteiger partial charge is 0.492 e. The number of para-hydroxylation sites is 2. The van der Waals surface area contributed by atoms with E-state index in [-0.39, 0.29) is 11.2 Å². The fraction of sp³-hybridized carbons (Fsp3) is 0.240. The van der Waals surface area contributed by atoms with Crippen molar-refractivity contribution in [2.24, 2.45) is 10.9 Å². The number of aliphatic imine (C=N–C) groups is 1. The first-order valence-electron chi connectivity index (χ1n) is 9.87. The second-order valence-electron chi connectivity index (χ2n) is 7.74. The van der Waals surface area contributed by atoms with Gasteiger partial charge < -0.3 is 4.74 Å². The van der Waals surface area contributed by atoms with Gasteiger partial charge in [-0.05, 0) is 41.3 Å². The Bertz CT molecular complexity index is 1040. The predicted octanol–water partition coefficient (Wildman–Crippen LogP) is 6.79. The molecular weight excluding hydrogens is 362 g/mol. The highest BCUT2D eigenvalue weighted by Gasteiger charge is 2.37. The minimum Gasteiger partial charge on any atom is -0.492 e. The van der Waals surface area contributed by atoms with Crippen LogP contribution in [0.4, 0.5) is 5.69 Å². The smallest absolute Gasteiger partial charge is 0.128 e. The molecule has 140 valence electrons. The van der Waals surface area contributed by atoms with E-state index < -0.39 is 0 Å². The monoisotopic (exact) mass is 385 g/mol. The van der Waals surface area contributed by atoms with E-state index in [4.69, 9.17) is 9.73 Å². The Morgan fingerprint density at radius 3 is 2.50 bits per heavy atom. The van der Waals surface area contributed by atoms with Crippen molar-refractivity contribution in [1.82, 2.24) is 0 Å². The van der Waals surface area contributed by atoms with Crippen LogP contribution >= 0.6 is 11.8 Å². The minimum atomic E-state index is 0.220. The van der Waals surface area contributed by atoms with Crippen LogP contribution in [-0.4, -0.2) is 12.3 Å². The molecule has 0 spiro atoms. The Balaban J connectivity index is 1.64. The number of hydrogen-bond donors (Lipinski definition) is 0. The van der Waals surface area contributed by atoms with Gasteiger partial charge >= 0.3 is 0 Å². The molecule has 0 saturated carbocycles. The van der Waals surface area contributed by atoms with E-state index in [0.29, 0.717) is 12.5 Å². The third kappa shape index (κ3) is 3.04. The summed E-state index contributed by atoms with van der Waals surface area (Å²) in [5, 5.41) is 0.275. The zero-order valence-corrected chi connectivity index (χ0v) is 16.9. The highest BCUT2D eigenvalue weighted by atomic mass is 32.2. The molecule has 0 fully saturated rings. The van der Waals surface area contributed by atoms with E-state index in [1.165, 1.54) is 16.0 Å². The maximum Gasteiger partial charge on any atom is 0.128 e. The predicted molar refractivity (Wildman–Crippen MR) is 117 cm³/mol. The van der Waals surface area contributed by atoms with Crippen molar-refractivity contribution in [3.8, 4) is 5.75 Å². The highest BCUT2D eigenvalue weighted by molar-refractivity contribution is 7.99. The standard InChI is InChI=1S/C25H23NOS/c1-16(2)17-11-13-18(14-12-17)25-20-15-27-22-9-5-3-7-19(22)24(20)26-21-8-4-6-10-23(21)28-25/h3-14,16,20,25H,15H2,1-2H3/t20-,25-/m1/s1. The number of thioether (sulfide) groups is 1. The van der Waals surface area contributed by atoms with Gasteiger partial charge in [0.25, 0.3) is 0 Å². The van der Waals surface area contributed by atoms with E-state index >= 15 is 0 Å². The van der Waals surface area contributed by atoms with Gasteiger partial charge in [0.2, 0.25) is 0 Å². The van der Waals surface area contributed by atoms with E-state index in [1.54, 1.807) is 0 Å². The van der Waals surface area contributed by atoms with Crippen molar-refractivity contribution in [2.75, 3.05) is 6.61 Å². The lowest BCUT2D eigenvalue weighted by atomic mass is 9.87. The summed E-state index contributed by atoms with van der Waals surface area (Å²) in [6.07, 6.45) is 0. The van der Waals surface area contributed by atoms with Gasteiger partial charge in [0.1, 0.15) is 5.75 Å². The molecule has 0 amide bonds. The normalized spacial score (nSPS) is 20.3. The quantitative estimate of drug-likeness (QED) is 0.484. The van der Waals surface area contributed by atoms with Crippen LogP contribution in [0.3, 0.4) is 0 Å². The van der Waals surface area contributed by atoms with Crippen LogP contribution in [0.25, 0.3) is 0 Å². The van der Waals surface area contributed by atoms with Gasteiger partial charge in [0, 0.05) is 15.7 Å². The molecule has 2 nitrogen and oxygen atoms in total. The topological polar surface area (TPSA) is 21.6 Å². The molecular formula is C25H23NOS. The van der Waals surface area contributed by atoms with Gasteiger partial charge in [-0.15, -0.1) is 11.8 Å². The number of benzene rings is 3. The summed E-state index contributed by atoms with van der Waals surface area (Å²) in [5.41, 5.74) is 6.05.